The van der Waals surface area contributed by atoms with Gasteiger partial charge in [0.15, 0.2) is 0 Å². The molecule has 0 radical (unpaired) electrons. The molecule has 3 rings (SSSR count). The first-order chi connectivity index (χ1) is 13.3. The van der Waals surface area contributed by atoms with E-state index < -0.39 is 0 Å². The van der Waals surface area contributed by atoms with E-state index >= 15 is 0 Å². The Kier molecular flexibility index (Phi) is 5.87. The molecule has 0 unspecified atom stereocenters. The second-order valence-corrected chi connectivity index (χ2v) is 7.98. The number of imidazole rings is 1. The summed E-state index contributed by atoms with van der Waals surface area (Å²) in [7, 11) is 0. The number of benzene rings is 2. The lowest BCUT2D eigenvalue weighted by Crippen LogP contribution is -2.38. The number of rotatable bonds is 6. The van der Waals surface area contributed by atoms with E-state index in [0.29, 0.717) is 19.6 Å². The number of hydrogen-bond acceptors (Lipinski definition) is 2. The number of H-pyrrole nitrogens is 1. The van der Waals surface area contributed by atoms with Gasteiger partial charge in [0.2, 0.25) is 0 Å². The third-order valence-electron chi connectivity index (χ3n) is 4.82. The molecule has 0 fully saturated rings. The van der Waals surface area contributed by atoms with Crippen molar-refractivity contribution in [2.45, 2.75) is 39.2 Å². The van der Waals surface area contributed by atoms with Crippen molar-refractivity contribution in [2.24, 2.45) is 0 Å². The minimum Gasteiger partial charge on any atom is -0.338 e. The highest BCUT2D eigenvalue weighted by Gasteiger charge is 2.12. The van der Waals surface area contributed by atoms with Crippen LogP contribution in [-0.2, 0) is 18.4 Å². The number of aromatic amines is 1. The second-order valence-electron chi connectivity index (χ2n) is 7.98. The van der Waals surface area contributed by atoms with Crippen LogP contribution in [-0.4, -0.2) is 28.7 Å². The molecule has 148 valence electrons. The molecule has 3 N–H and O–H groups in total. The largest absolute Gasteiger partial charge is 0.338 e. The Morgan fingerprint density at radius 3 is 2.39 bits per heavy atom. The molecule has 0 aliphatic rings. The topological polar surface area (TPSA) is 78.9 Å². The molecule has 2 aromatic carbocycles. The van der Waals surface area contributed by atoms with Gasteiger partial charge in [0, 0.05) is 19.6 Å². The zero-order valence-corrected chi connectivity index (χ0v) is 16.7. The van der Waals surface area contributed by atoms with Crippen LogP contribution in [0.5, 0.6) is 0 Å². The minimum atomic E-state index is -0.223. The molecule has 0 aliphatic heterocycles. The molecule has 1 aromatic heterocycles. The van der Waals surface area contributed by atoms with Crippen LogP contribution in [0.4, 0.5) is 4.79 Å². The van der Waals surface area contributed by atoms with Gasteiger partial charge in [-0.1, -0.05) is 57.2 Å². The zero-order valence-electron chi connectivity index (χ0n) is 16.7. The standard InChI is InChI=1S/C22H28N4O2/c1-22(2,3)17-10-8-16(9-11-17)12-13-23-20(27)24-14-15-26-19-7-5-4-6-18(19)25-21(26)28/h4-11H,12-15H2,1-3H3,(H,25,28)(H2,23,24,27). The van der Waals surface area contributed by atoms with E-state index in [0.717, 1.165) is 17.5 Å². The van der Waals surface area contributed by atoms with Crippen LogP contribution in [0, 0.1) is 0 Å². The molecule has 6 heteroatoms. The molecule has 1 heterocycles. The van der Waals surface area contributed by atoms with E-state index in [1.807, 2.05) is 24.3 Å². The molecular weight excluding hydrogens is 352 g/mol. The summed E-state index contributed by atoms with van der Waals surface area (Å²) in [6.07, 6.45) is 0.778. The molecule has 0 saturated carbocycles. The summed E-state index contributed by atoms with van der Waals surface area (Å²) < 4.78 is 1.63. The van der Waals surface area contributed by atoms with Crippen molar-refractivity contribution in [1.82, 2.24) is 20.2 Å². The Labute approximate surface area is 165 Å². The summed E-state index contributed by atoms with van der Waals surface area (Å²) in [4.78, 5) is 26.8. The first kappa shape index (κ1) is 19.7. The Hall–Kier alpha value is -3.02. The van der Waals surface area contributed by atoms with Gasteiger partial charge in [0.1, 0.15) is 0 Å². The Morgan fingerprint density at radius 2 is 1.68 bits per heavy atom. The number of nitrogens with zero attached hydrogens (tertiary/aromatic N) is 1. The van der Waals surface area contributed by atoms with E-state index in [1.54, 1.807) is 4.57 Å². The summed E-state index contributed by atoms with van der Waals surface area (Å²) in [6.45, 7) is 7.95. The van der Waals surface area contributed by atoms with Crippen LogP contribution in [0.25, 0.3) is 11.0 Å². The number of hydrogen-bond donors (Lipinski definition) is 3. The highest BCUT2D eigenvalue weighted by Crippen LogP contribution is 2.22. The molecule has 3 aromatic rings. The van der Waals surface area contributed by atoms with Gasteiger partial charge < -0.3 is 15.6 Å². The summed E-state index contributed by atoms with van der Waals surface area (Å²) in [6, 6.07) is 15.8. The molecular formula is C22H28N4O2. The van der Waals surface area contributed by atoms with Gasteiger partial charge >= 0.3 is 11.7 Å². The lowest BCUT2D eigenvalue weighted by atomic mass is 9.86. The van der Waals surface area contributed by atoms with Crippen molar-refractivity contribution in [1.29, 1.82) is 0 Å². The number of aromatic nitrogens is 2. The van der Waals surface area contributed by atoms with Gasteiger partial charge in [0.05, 0.1) is 11.0 Å². The molecule has 0 bridgehead atoms. The van der Waals surface area contributed by atoms with Crippen molar-refractivity contribution >= 4 is 17.1 Å². The smallest absolute Gasteiger partial charge is 0.326 e. The summed E-state index contributed by atoms with van der Waals surface area (Å²) >= 11 is 0. The first-order valence-corrected chi connectivity index (χ1v) is 9.63. The normalized spacial score (nSPS) is 11.5. The third kappa shape index (κ3) is 4.82. The molecule has 28 heavy (non-hydrogen) atoms. The van der Waals surface area contributed by atoms with Crippen molar-refractivity contribution in [3.8, 4) is 0 Å². The van der Waals surface area contributed by atoms with E-state index in [2.05, 4.69) is 60.7 Å². The van der Waals surface area contributed by atoms with Crippen LogP contribution in [0.2, 0.25) is 0 Å². The summed E-state index contributed by atoms with van der Waals surface area (Å²) in [5, 5.41) is 5.67. The maximum atomic E-state index is 12.0. The van der Waals surface area contributed by atoms with Crippen molar-refractivity contribution < 1.29 is 4.79 Å². The fraction of sp³-hybridized carbons (Fsp3) is 0.364. The monoisotopic (exact) mass is 380 g/mol. The number of fused-ring (bicyclic) bond motifs is 1. The molecule has 2 amide bonds. The molecule has 0 spiro atoms. The van der Waals surface area contributed by atoms with Gasteiger partial charge in [-0.2, -0.15) is 0 Å². The Balaban J connectivity index is 1.42. The van der Waals surface area contributed by atoms with E-state index in [-0.39, 0.29) is 17.1 Å². The lowest BCUT2D eigenvalue weighted by molar-refractivity contribution is 0.240. The van der Waals surface area contributed by atoms with Gasteiger partial charge in [0.25, 0.3) is 0 Å². The van der Waals surface area contributed by atoms with Crippen LogP contribution in [0.3, 0.4) is 0 Å². The van der Waals surface area contributed by atoms with Crippen molar-refractivity contribution in [3.63, 3.8) is 0 Å². The van der Waals surface area contributed by atoms with E-state index in [1.165, 1.54) is 11.1 Å². The number of carbonyl (C=O) groups is 1. The van der Waals surface area contributed by atoms with Crippen molar-refractivity contribution in [2.75, 3.05) is 13.1 Å². The van der Waals surface area contributed by atoms with E-state index in [9.17, 15) is 9.59 Å². The molecule has 0 atom stereocenters. The first-order valence-electron chi connectivity index (χ1n) is 9.63. The van der Waals surface area contributed by atoms with Crippen LogP contribution < -0.4 is 16.3 Å². The highest BCUT2D eigenvalue weighted by atomic mass is 16.2. The van der Waals surface area contributed by atoms with Gasteiger partial charge in [-0.3, -0.25) is 4.57 Å². The summed E-state index contributed by atoms with van der Waals surface area (Å²) in [5.74, 6) is 0. The minimum absolute atomic E-state index is 0.142. The Bertz CT molecular complexity index is 994. The lowest BCUT2D eigenvalue weighted by Gasteiger charge is -2.19. The second kappa shape index (κ2) is 8.33. The number of nitrogens with one attached hydrogen (secondary N) is 3. The fourth-order valence-corrected chi connectivity index (χ4v) is 3.16. The number of para-hydroxylation sites is 2. The van der Waals surface area contributed by atoms with Gasteiger partial charge in [-0.25, -0.2) is 9.59 Å². The molecule has 6 nitrogen and oxygen atoms in total. The van der Waals surface area contributed by atoms with Crippen LogP contribution >= 0.6 is 0 Å². The van der Waals surface area contributed by atoms with Gasteiger partial charge in [-0.05, 0) is 35.1 Å². The number of carbonyl (C=O) groups excluding carboxylic acids is 1. The van der Waals surface area contributed by atoms with Gasteiger partial charge in [-0.15, -0.1) is 0 Å². The predicted octanol–water partition coefficient (Wildman–Crippen LogP) is 3.17. The quantitative estimate of drug-likeness (QED) is 0.614. The van der Waals surface area contributed by atoms with Crippen LogP contribution in [0.1, 0.15) is 31.9 Å². The highest BCUT2D eigenvalue weighted by molar-refractivity contribution is 5.75. The predicted molar refractivity (Wildman–Crippen MR) is 113 cm³/mol. The third-order valence-corrected chi connectivity index (χ3v) is 4.82. The SMILES string of the molecule is CC(C)(C)c1ccc(CCNC(=O)NCCn2c(=O)[nH]c3ccccc32)cc1. The molecule has 0 aliphatic carbocycles. The summed E-state index contributed by atoms with van der Waals surface area (Å²) in [5.41, 5.74) is 4.11. The number of amides is 2. The van der Waals surface area contributed by atoms with E-state index in [4.69, 9.17) is 0 Å². The van der Waals surface area contributed by atoms with Crippen molar-refractivity contribution in [3.05, 3.63) is 70.1 Å². The average molecular weight is 380 g/mol. The maximum absolute atomic E-state index is 12.0. The maximum Gasteiger partial charge on any atom is 0.326 e. The van der Waals surface area contributed by atoms with Crippen LogP contribution in [0.15, 0.2) is 53.3 Å². The Morgan fingerprint density at radius 1 is 1.00 bits per heavy atom. The fourth-order valence-electron chi connectivity index (χ4n) is 3.16. The average Bonchev–Trinajstić information content (AvgIpc) is 2.97. The zero-order chi connectivity index (χ0) is 20.1. The number of urea groups is 1. The molecule has 0 saturated heterocycles.